The predicted molar refractivity (Wildman–Crippen MR) is 73.4 cm³/mol. The summed E-state index contributed by atoms with van der Waals surface area (Å²) in [5.74, 6) is -0.348. The molecule has 1 N–H and O–H groups in total. The lowest BCUT2D eigenvalue weighted by molar-refractivity contribution is -0.114. The maximum atomic E-state index is 11.8. The molecule has 6 heteroatoms. The van der Waals surface area contributed by atoms with Crippen LogP contribution in [0.25, 0.3) is 11.1 Å². The van der Waals surface area contributed by atoms with Gasteiger partial charge >= 0.3 is 5.97 Å². The summed E-state index contributed by atoms with van der Waals surface area (Å²) in [5, 5.41) is 0. The molecule has 0 aliphatic rings. The Hall–Kier alpha value is -2.08. The number of carbonyl (C=O) groups is 2. The van der Waals surface area contributed by atoms with Crippen LogP contribution in [-0.4, -0.2) is 30.6 Å². The Bertz CT molecular complexity index is 526. The molecule has 0 saturated heterocycles. The number of aldehydes is 1. The van der Waals surface area contributed by atoms with Crippen LogP contribution in [0.5, 0.6) is 0 Å². The summed E-state index contributed by atoms with van der Waals surface area (Å²) in [6.45, 7) is 5.28. The van der Waals surface area contributed by atoms with Crippen LogP contribution in [0, 0.1) is 5.92 Å². The van der Waals surface area contributed by atoms with E-state index in [-0.39, 0.29) is 5.92 Å². The zero-order chi connectivity index (χ0) is 15.1. The normalized spacial score (nSPS) is 11.8. The SMILES string of the molecule is CC=O.COC(OC(=O)c1cc2occc2[nH]1)C(C)C. The van der Waals surface area contributed by atoms with Gasteiger partial charge in [-0.05, 0) is 6.92 Å². The molecule has 0 bridgehead atoms. The van der Waals surface area contributed by atoms with Crippen LogP contribution in [0.4, 0.5) is 0 Å². The summed E-state index contributed by atoms with van der Waals surface area (Å²) < 4.78 is 15.4. The van der Waals surface area contributed by atoms with E-state index >= 15 is 0 Å². The van der Waals surface area contributed by atoms with Crippen LogP contribution in [0.15, 0.2) is 22.8 Å². The molecule has 2 aromatic rings. The number of methoxy groups -OCH3 is 1. The topological polar surface area (TPSA) is 81.5 Å². The summed E-state index contributed by atoms with van der Waals surface area (Å²) in [4.78, 5) is 23.5. The van der Waals surface area contributed by atoms with E-state index in [0.717, 1.165) is 11.8 Å². The van der Waals surface area contributed by atoms with E-state index < -0.39 is 12.3 Å². The number of fused-ring (bicyclic) bond motifs is 1. The fourth-order valence-corrected chi connectivity index (χ4v) is 1.58. The Labute approximate surface area is 117 Å². The Morgan fingerprint density at radius 1 is 1.45 bits per heavy atom. The van der Waals surface area contributed by atoms with E-state index in [0.29, 0.717) is 11.3 Å². The summed E-state index contributed by atoms with van der Waals surface area (Å²) in [6, 6.07) is 3.37. The maximum absolute atomic E-state index is 11.8. The van der Waals surface area contributed by atoms with Crippen LogP contribution in [0.3, 0.4) is 0 Å². The number of hydrogen-bond donors (Lipinski definition) is 1. The number of hydrogen-bond acceptors (Lipinski definition) is 5. The van der Waals surface area contributed by atoms with Gasteiger partial charge in [0.25, 0.3) is 0 Å². The molecule has 0 aliphatic heterocycles. The van der Waals surface area contributed by atoms with Crippen molar-refractivity contribution in [3.63, 3.8) is 0 Å². The smallest absolute Gasteiger partial charge is 0.357 e. The molecule has 0 amide bonds. The lowest BCUT2D eigenvalue weighted by atomic mass is 10.2. The van der Waals surface area contributed by atoms with Gasteiger partial charge in [-0.2, -0.15) is 0 Å². The van der Waals surface area contributed by atoms with Crippen molar-refractivity contribution in [2.24, 2.45) is 5.92 Å². The molecule has 0 aromatic carbocycles. The van der Waals surface area contributed by atoms with Gasteiger partial charge in [-0.3, -0.25) is 0 Å². The Kier molecular flexibility index (Phi) is 5.99. The third-order valence-corrected chi connectivity index (χ3v) is 2.46. The fourth-order valence-electron chi connectivity index (χ4n) is 1.58. The molecule has 0 spiro atoms. The van der Waals surface area contributed by atoms with Gasteiger partial charge in [0.05, 0.1) is 11.8 Å². The van der Waals surface area contributed by atoms with Gasteiger partial charge in [0.15, 0.2) is 5.58 Å². The van der Waals surface area contributed by atoms with Gasteiger partial charge in [0, 0.05) is 25.2 Å². The molecule has 0 aliphatic carbocycles. The van der Waals surface area contributed by atoms with E-state index in [2.05, 4.69) is 4.98 Å². The summed E-state index contributed by atoms with van der Waals surface area (Å²) in [6.07, 6.45) is 1.76. The molecule has 2 aromatic heterocycles. The van der Waals surface area contributed by atoms with Gasteiger partial charge in [0.2, 0.25) is 6.29 Å². The highest BCUT2D eigenvalue weighted by Crippen LogP contribution is 2.18. The van der Waals surface area contributed by atoms with Crippen molar-refractivity contribution in [1.29, 1.82) is 0 Å². The number of H-pyrrole nitrogens is 1. The number of nitrogens with one attached hydrogen (secondary N) is 1. The monoisotopic (exact) mass is 281 g/mol. The average Bonchev–Trinajstić information content (AvgIpc) is 2.96. The molecule has 1 unspecified atom stereocenters. The van der Waals surface area contributed by atoms with E-state index in [1.54, 1.807) is 18.4 Å². The first-order valence-electron chi connectivity index (χ1n) is 6.23. The predicted octanol–water partition coefficient (Wildman–Crippen LogP) is 2.75. The molecular weight excluding hydrogens is 262 g/mol. The van der Waals surface area contributed by atoms with E-state index in [4.69, 9.17) is 18.7 Å². The lowest BCUT2D eigenvalue weighted by Crippen LogP contribution is -2.25. The first-order valence-corrected chi connectivity index (χ1v) is 6.23. The fraction of sp³-hybridized carbons (Fsp3) is 0.429. The van der Waals surface area contributed by atoms with Crippen molar-refractivity contribution in [2.75, 3.05) is 7.11 Å². The number of aromatic amines is 1. The zero-order valence-corrected chi connectivity index (χ0v) is 12.0. The Morgan fingerprint density at radius 2 is 2.10 bits per heavy atom. The summed E-state index contributed by atoms with van der Waals surface area (Å²) in [5.41, 5.74) is 1.77. The van der Waals surface area contributed by atoms with Gasteiger partial charge in [-0.15, -0.1) is 0 Å². The first-order chi connectivity index (χ1) is 9.53. The van der Waals surface area contributed by atoms with Crippen molar-refractivity contribution >= 4 is 23.4 Å². The minimum absolute atomic E-state index is 0.0990. The van der Waals surface area contributed by atoms with Gasteiger partial charge in [-0.25, -0.2) is 4.79 Å². The van der Waals surface area contributed by atoms with Crippen molar-refractivity contribution in [3.05, 3.63) is 24.1 Å². The molecule has 0 saturated carbocycles. The number of carbonyl (C=O) groups excluding carboxylic acids is 2. The second kappa shape index (κ2) is 7.49. The molecule has 1 atom stereocenters. The third kappa shape index (κ3) is 3.96. The van der Waals surface area contributed by atoms with E-state index in [9.17, 15) is 4.79 Å². The van der Waals surface area contributed by atoms with Crippen LogP contribution < -0.4 is 0 Å². The largest absolute Gasteiger partial charge is 0.463 e. The number of ether oxygens (including phenoxy) is 2. The third-order valence-electron chi connectivity index (χ3n) is 2.46. The highest BCUT2D eigenvalue weighted by molar-refractivity contribution is 5.93. The Balaban J connectivity index is 0.000000612. The van der Waals surface area contributed by atoms with Gasteiger partial charge in [0.1, 0.15) is 12.0 Å². The quantitative estimate of drug-likeness (QED) is 0.529. The Morgan fingerprint density at radius 3 is 2.60 bits per heavy atom. The number of aromatic nitrogens is 1. The molecule has 110 valence electrons. The summed E-state index contributed by atoms with van der Waals surface area (Å²) >= 11 is 0. The van der Waals surface area contributed by atoms with E-state index in [1.165, 1.54) is 14.0 Å². The lowest BCUT2D eigenvalue weighted by Gasteiger charge is -2.18. The van der Waals surface area contributed by atoms with Crippen molar-refractivity contribution in [1.82, 2.24) is 4.98 Å². The average molecular weight is 281 g/mol. The highest BCUT2D eigenvalue weighted by Gasteiger charge is 2.20. The van der Waals surface area contributed by atoms with Gasteiger partial charge < -0.3 is 23.7 Å². The van der Waals surface area contributed by atoms with Crippen molar-refractivity contribution < 1.29 is 23.5 Å². The van der Waals surface area contributed by atoms with Crippen molar-refractivity contribution in [2.45, 2.75) is 27.1 Å². The van der Waals surface area contributed by atoms with Crippen LogP contribution in [0.1, 0.15) is 31.3 Å². The van der Waals surface area contributed by atoms with Crippen molar-refractivity contribution in [3.8, 4) is 0 Å². The van der Waals surface area contributed by atoms with Crippen LogP contribution in [-0.2, 0) is 14.3 Å². The molecule has 2 heterocycles. The molecule has 6 nitrogen and oxygen atoms in total. The molecular formula is C14H19NO5. The molecule has 20 heavy (non-hydrogen) atoms. The second-order valence-electron chi connectivity index (χ2n) is 4.37. The first kappa shape index (κ1) is 16.0. The second-order valence-corrected chi connectivity index (χ2v) is 4.37. The van der Waals surface area contributed by atoms with Crippen LogP contribution in [0.2, 0.25) is 0 Å². The zero-order valence-electron chi connectivity index (χ0n) is 12.0. The molecule has 0 radical (unpaired) electrons. The van der Waals surface area contributed by atoms with E-state index in [1.807, 2.05) is 13.8 Å². The molecule has 0 fully saturated rings. The maximum Gasteiger partial charge on any atom is 0.357 e. The summed E-state index contributed by atoms with van der Waals surface area (Å²) in [7, 11) is 1.51. The van der Waals surface area contributed by atoms with Crippen LogP contribution >= 0.6 is 0 Å². The molecule has 2 rings (SSSR count). The minimum Gasteiger partial charge on any atom is -0.463 e. The number of furan rings is 1. The number of rotatable bonds is 4. The number of esters is 1. The minimum atomic E-state index is -0.544. The van der Waals surface area contributed by atoms with Gasteiger partial charge in [-0.1, -0.05) is 13.8 Å². The highest BCUT2D eigenvalue weighted by atomic mass is 16.7. The standard InChI is InChI=1S/C12H15NO4.C2H4O/c1-7(2)12(15-3)17-11(14)9-6-10-8(13-9)4-5-16-10;1-2-3/h4-7,12-13H,1-3H3;2H,1H3.